The molecule has 3 aromatic rings. The van der Waals surface area contributed by atoms with Crippen LogP contribution < -0.4 is 4.74 Å². The van der Waals surface area contributed by atoms with Gasteiger partial charge in [0.25, 0.3) is 5.91 Å². The Bertz CT molecular complexity index is 1200. The SMILES string of the molecule is CCC(C)N(CC(=O)N1CCc2sccc2C1COc1cccc(F)c1)C(=O)c1cccc(Cl)c1. The van der Waals surface area contributed by atoms with Crippen LogP contribution >= 0.6 is 22.9 Å². The van der Waals surface area contributed by atoms with Crippen LogP contribution in [0.25, 0.3) is 0 Å². The molecule has 0 spiro atoms. The van der Waals surface area contributed by atoms with Crippen molar-refractivity contribution in [1.82, 2.24) is 9.80 Å². The Morgan fingerprint density at radius 2 is 2.03 bits per heavy atom. The molecule has 0 radical (unpaired) electrons. The van der Waals surface area contributed by atoms with Gasteiger partial charge in [0, 0.05) is 34.1 Å². The van der Waals surface area contributed by atoms with Gasteiger partial charge in [0.05, 0.1) is 6.04 Å². The standard InChI is InChI=1S/C27H28ClFN2O3S/c1-3-18(2)31(27(33)19-6-4-7-20(28)14-19)16-26(32)30-12-10-25-23(11-13-35-25)24(30)17-34-22-9-5-8-21(29)15-22/h4-9,11,13-15,18,24H,3,10,12,16-17H2,1-2H3. The number of amides is 2. The van der Waals surface area contributed by atoms with E-state index in [-0.39, 0.29) is 42.9 Å². The summed E-state index contributed by atoms with van der Waals surface area (Å²) in [6.45, 7) is 4.61. The molecule has 2 amide bonds. The summed E-state index contributed by atoms with van der Waals surface area (Å²) >= 11 is 7.77. The molecule has 1 aromatic heterocycles. The number of hydrogen-bond donors (Lipinski definition) is 0. The van der Waals surface area contributed by atoms with Crippen molar-refractivity contribution in [2.75, 3.05) is 19.7 Å². The molecule has 0 fully saturated rings. The lowest BCUT2D eigenvalue weighted by Crippen LogP contribution is -2.49. The lowest BCUT2D eigenvalue weighted by molar-refractivity contribution is -0.136. The Hall–Kier alpha value is -2.90. The average molecular weight is 515 g/mol. The van der Waals surface area contributed by atoms with Gasteiger partial charge in [0.1, 0.15) is 24.7 Å². The highest BCUT2D eigenvalue weighted by atomic mass is 35.5. The summed E-state index contributed by atoms with van der Waals surface area (Å²) in [6.07, 6.45) is 1.46. The topological polar surface area (TPSA) is 49.9 Å². The van der Waals surface area contributed by atoms with Gasteiger partial charge in [-0.3, -0.25) is 9.59 Å². The number of carbonyl (C=O) groups excluding carboxylic acids is 2. The molecule has 0 bridgehead atoms. The van der Waals surface area contributed by atoms with Crippen LogP contribution in [0.3, 0.4) is 0 Å². The molecule has 0 saturated carbocycles. The van der Waals surface area contributed by atoms with Crippen LogP contribution in [-0.4, -0.2) is 47.4 Å². The van der Waals surface area contributed by atoms with E-state index in [1.807, 2.05) is 25.3 Å². The Balaban J connectivity index is 1.55. The normalized spacial score (nSPS) is 15.9. The Morgan fingerprint density at radius 1 is 1.23 bits per heavy atom. The predicted octanol–water partition coefficient (Wildman–Crippen LogP) is 5.99. The zero-order chi connectivity index (χ0) is 24.9. The molecule has 1 aliphatic rings. The molecule has 5 nitrogen and oxygen atoms in total. The first-order valence-corrected chi connectivity index (χ1v) is 12.9. The van der Waals surface area contributed by atoms with Gasteiger partial charge in [-0.2, -0.15) is 0 Å². The Kier molecular flexibility index (Phi) is 8.08. The number of halogens is 2. The van der Waals surface area contributed by atoms with E-state index in [4.69, 9.17) is 16.3 Å². The van der Waals surface area contributed by atoms with Crippen LogP contribution in [0.1, 0.15) is 47.1 Å². The van der Waals surface area contributed by atoms with Crippen molar-refractivity contribution in [1.29, 1.82) is 0 Å². The molecule has 2 aromatic carbocycles. The van der Waals surface area contributed by atoms with E-state index in [2.05, 4.69) is 0 Å². The van der Waals surface area contributed by atoms with Crippen LogP contribution in [0.2, 0.25) is 5.02 Å². The monoisotopic (exact) mass is 514 g/mol. The van der Waals surface area contributed by atoms with Crippen LogP contribution in [-0.2, 0) is 11.2 Å². The van der Waals surface area contributed by atoms with Gasteiger partial charge in [-0.1, -0.05) is 30.7 Å². The highest BCUT2D eigenvalue weighted by molar-refractivity contribution is 7.10. The molecule has 4 rings (SSSR count). The summed E-state index contributed by atoms with van der Waals surface area (Å²) in [7, 11) is 0. The van der Waals surface area contributed by atoms with Crippen LogP contribution in [0, 0.1) is 5.82 Å². The number of fused-ring (bicyclic) bond motifs is 1. The molecule has 35 heavy (non-hydrogen) atoms. The quantitative estimate of drug-likeness (QED) is 0.371. The zero-order valence-corrected chi connectivity index (χ0v) is 21.3. The average Bonchev–Trinajstić information content (AvgIpc) is 3.34. The fourth-order valence-corrected chi connectivity index (χ4v) is 5.40. The number of thiophene rings is 1. The fraction of sp³-hybridized carbons (Fsp3) is 0.333. The molecular weight excluding hydrogens is 487 g/mol. The largest absolute Gasteiger partial charge is 0.491 e. The minimum absolute atomic E-state index is 0.0453. The summed E-state index contributed by atoms with van der Waals surface area (Å²) in [5.41, 5.74) is 1.50. The second-order valence-electron chi connectivity index (χ2n) is 8.62. The van der Waals surface area contributed by atoms with Crippen LogP contribution in [0.5, 0.6) is 5.75 Å². The molecule has 0 saturated heterocycles. The second kappa shape index (κ2) is 11.2. The van der Waals surface area contributed by atoms with Gasteiger partial charge in [0.2, 0.25) is 5.91 Å². The maximum atomic E-state index is 13.6. The van der Waals surface area contributed by atoms with Crippen molar-refractivity contribution in [3.8, 4) is 5.75 Å². The van der Waals surface area contributed by atoms with E-state index in [1.165, 1.54) is 17.0 Å². The molecule has 0 aliphatic carbocycles. The van der Waals surface area contributed by atoms with E-state index >= 15 is 0 Å². The Morgan fingerprint density at radius 3 is 2.77 bits per heavy atom. The maximum absolute atomic E-state index is 13.6. The van der Waals surface area contributed by atoms with E-state index in [1.54, 1.807) is 57.5 Å². The number of benzene rings is 2. The highest BCUT2D eigenvalue weighted by Gasteiger charge is 2.34. The molecule has 2 heterocycles. The summed E-state index contributed by atoms with van der Waals surface area (Å²) < 4.78 is 19.5. The Labute approximate surface area is 214 Å². The van der Waals surface area contributed by atoms with Crippen molar-refractivity contribution >= 4 is 34.8 Å². The van der Waals surface area contributed by atoms with Gasteiger partial charge < -0.3 is 14.5 Å². The highest BCUT2D eigenvalue weighted by Crippen LogP contribution is 2.34. The smallest absolute Gasteiger partial charge is 0.254 e. The van der Waals surface area contributed by atoms with E-state index in [0.29, 0.717) is 29.3 Å². The molecule has 0 N–H and O–H groups in total. The second-order valence-corrected chi connectivity index (χ2v) is 10.1. The summed E-state index contributed by atoms with van der Waals surface area (Å²) in [4.78, 5) is 31.6. The number of nitrogens with zero attached hydrogens (tertiary/aromatic N) is 2. The molecule has 2 unspecified atom stereocenters. The first-order valence-electron chi connectivity index (χ1n) is 11.7. The van der Waals surface area contributed by atoms with E-state index in [9.17, 15) is 14.0 Å². The fourth-order valence-electron chi connectivity index (χ4n) is 4.28. The first kappa shape index (κ1) is 25.2. The van der Waals surface area contributed by atoms with Crippen LogP contribution in [0.15, 0.2) is 60.0 Å². The van der Waals surface area contributed by atoms with Gasteiger partial charge >= 0.3 is 0 Å². The van der Waals surface area contributed by atoms with Gasteiger partial charge in [0.15, 0.2) is 0 Å². The van der Waals surface area contributed by atoms with Crippen molar-refractivity contribution in [3.05, 3.63) is 86.8 Å². The summed E-state index contributed by atoms with van der Waals surface area (Å²) in [5, 5.41) is 2.49. The van der Waals surface area contributed by atoms with Crippen molar-refractivity contribution in [2.45, 2.75) is 38.8 Å². The molecule has 8 heteroatoms. The van der Waals surface area contributed by atoms with Crippen molar-refractivity contribution < 1.29 is 18.7 Å². The molecule has 2 atom stereocenters. The number of ether oxygens (including phenoxy) is 1. The van der Waals surface area contributed by atoms with Crippen molar-refractivity contribution in [2.24, 2.45) is 0 Å². The van der Waals surface area contributed by atoms with Gasteiger partial charge in [-0.05, 0) is 67.1 Å². The van der Waals surface area contributed by atoms with E-state index in [0.717, 1.165) is 12.0 Å². The maximum Gasteiger partial charge on any atom is 0.254 e. The van der Waals surface area contributed by atoms with Crippen molar-refractivity contribution in [3.63, 3.8) is 0 Å². The number of rotatable bonds is 8. The molecular formula is C27H28ClFN2O3S. The predicted molar refractivity (Wildman–Crippen MR) is 137 cm³/mol. The molecule has 184 valence electrons. The summed E-state index contributed by atoms with van der Waals surface area (Å²) in [5.74, 6) is -0.336. The third kappa shape index (κ3) is 5.85. The number of hydrogen-bond acceptors (Lipinski definition) is 4. The van der Waals surface area contributed by atoms with Gasteiger partial charge in [-0.15, -0.1) is 11.3 Å². The zero-order valence-electron chi connectivity index (χ0n) is 19.7. The minimum Gasteiger partial charge on any atom is -0.491 e. The van der Waals surface area contributed by atoms with Gasteiger partial charge in [-0.25, -0.2) is 4.39 Å². The van der Waals surface area contributed by atoms with E-state index < -0.39 is 0 Å². The number of carbonyl (C=O) groups is 2. The lowest BCUT2D eigenvalue weighted by Gasteiger charge is -2.38. The van der Waals surface area contributed by atoms with Crippen LogP contribution in [0.4, 0.5) is 4.39 Å². The molecule has 1 aliphatic heterocycles. The first-order chi connectivity index (χ1) is 16.9. The minimum atomic E-state index is -0.376. The third-order valence-electron chi connectivity index (χ3n) is 6.38. The third-order valence-corrected chi connectivity index (χ3v) is 7.61. The summed E-state index contributed by atoms with van der Waals surface area (Å²) in [6, 6.07) is 14.3. The lowest BCUT2D eigenvalue weighted by atomic mass is 10.00.